The van der Waals surface area contributed by atoms with Gasteiger partial charge in [0.1, 0.15) is 10.7 Å². The van der Waals surface area contributed by atoms with Crippen LogP contribution in [0.3, 0.4) is 0 Å². The van der Waals surface area contributed by atoms with Crippen LogP contribution in [0.2, 0.25) is 0 Å². The molecular weight excluding hydrogens is 275 g/mol. The van der Waals surface area contributed by atoms with Crippen molar-refractivity contribution in [2.24, 2.45) is 0 Å². The molecule has 0 unspecified atom stereocenters. The Morgan fingerprint density at radius 2 is 2.21 bits per heavy atom. The van der Waals surface area contributed by atoms with Gasteiger partial charge < -0.3 is 10.3 Å². The average molecular weight is 286 g/mol. The number of hydrogen-bond donors (Lipinski definition) is 2. The van der Waals surface area contributed by atoms with Crippen LogP contribution in [0.4, 0.5) is 10.1 Å². The van der Waals surface area contributed by atoms with Crippen molar-refractivity contribution in [1.82, 2.24) is 14.9 Å². The van der Waals surface area contributed by atoms with Crippen molar-refractivity contribution >= 4 is 15.7 Å². The molecule has 0 atom stereocenters. The topological polar surface area (TPSA) is 111 Å². The molecule has 0 amide bonds. The first kappa shape index (κ1) is 13.4. The summed E-state index contributed by atoms with van der Waals surface area (Å²) >= 11 is 0. The number of hydrogen-bond acceptors (Lipinski definition) is 6. The van der Waals surface area contributed by atoms with E-state index in [0.29, 0.717) is 5.89 Å². The van der Waals surface area contributed by atoms with E-state index in [2.05, 4.69) is 14.9 Å². The molecule has 7 nitrogen and oxygen atoms in total. The second-order valence-electron chi connectivity index (χ2n) is 3.66. The van der Waals surface area contributed by atoms with Gasteiger partial charge in [0.2, 0.25) is 15.9 Å². The summed E-state index contributed by atoms with van der Waals surface area (Å²) < 4.78 is 43.7. The quantitative estimate of drug-likeness (QED) is 0.765. The van der Waals surface area contributed by atoms with Crippen molar-refractivity contribution in [3.8, 4) is 0 Å². The van der Waals surface area contributed by atoms with Crippen molar-refractivity contribution in [2.75, 3.05) is 12.3 Å². The Morgan fingerprint density at radius 3 is 2.84 bits per heavy atom. The summed E-state index contributed by atoms with van der Waals surface area (Å²) in [5.74, 6) is -0.280. The van der Waals surface area contributed by atoms with Gasteiger partial charge in [0.05, 0.1) is 5.69 Å². The zero-order valence-electron chi connectivity index (χ0n) is 9.71. The lowest BCUT2D eigenvalue weighted by Crippen LogP contribution is -2.26. The van der Waals surface area contributed by atoms with Crippen LogP contribution in [-0.4, -0.2) is 25.1 Å². The Morgan fingerprint density at radius 1 is 1.42 bits per heavy atom. The van der Waals surface area contributed by atoms with E-state index in [1.165, 1.54) is 6.33 Å². The number of rotatable bonds is 5. The minimum atomic E-state index is -3.79. The summed E-state index contributed by atoms with van der Waals surface area (Å²) in [7, 11) is -3.79. The van der Waals surface area contributed by atoms with Crippen LogP contribution in [0.25, 0.3) is 0 Å². The van der Waals surface area contributed by atoms with Crippen molar-refractivity contribution in [1.29, 1.82) is 0 Å². The number of nitrogen functional groups attached to an aromatic ring is 1. The van der Waals surface area contributed by atoms with Crippen LogP contribution in [0.1, 0.15) is 5.89 Å². The molecule has 0 fully saturated rings. The molecule has 1 heterocycles. The molecule has 2 rings (SSSR count). The highest BCUT2D eigenvalue weighted by atomic mass is 32.2. The van der Waals surface area contributed by atoms with E-state index < -0.39 is 15.8 Å². The average Bonchev–Trinajstić information content (AvgIpc) is 2.81. The third kappa shape index (κ3) is 3.26. The van der Waals surface area contributed by atoms with E-state index in [1.807, 2.05) is 0 Å². The van der Waals surface area contributed by atoms with Gasteiger partial charge in [-0.15, -0.1) is 0 Å². The second kappa shape index (κ2) is 5.33. The molecule has 1 aromatic heterocycles. The molecule has 0 aliphatic rings. The number of nitrogens with one attached hydrogen (secondary N) is 1. The summed E-state index contributed by atoms with van der Waals surface area (Å²) in [5, 5.41) is 3.39. The van der Waals surface area contributed by atoms with Crippen molar-refractivity contribution in [3.63, 3.8) is 0 Å². The molecule has 102 valence electrons. The molecule has 0 spiro atoms. The van der Waals surface area contributed by atoms with Gasteiger partial charge in [0, 0.05) is 13.0 Å². The van der Waals surface area contributed by atoms with Crippen LogP contribution >= 0.6 is 0 Å². The van der Waals surface area contributed by atoms with Crippen LogP contribution in [0.15, 0.2) is 33.9 Å². The molecule has 0 aliphatic heterocycles. The lowest BCUT2D eigenvalue weighted by molar-refractivity contribution is 0.377. The number of aromatic nitrogens is 2. The second-order valence-corrected chi connectivity index (χ2v) is 5.40. The van der Waals surface area contributed by atoms with E-state index >= 15 is 0 Å². The number of halogens is 1. The molecule has 1 aromatic carbocycles. The fraction of sp³-hybridized carbons (Fsp3) is 0.200. The molecule has 2 aromatic rings. The maximum absolute atomic E-state index is 12.9. The van der Waals surface area contributed by atoms with E-state index in [-0.39, 0.29) is 23.5 Å². The van der Waals surface area contributed by atoms with E-state index in [4.69, 9.17) is 10.3 Å². The molecule has 0 radical (unpaired) electrons. The summed E-state index contributed by atoms with van der Waals surface area (Å²) in [5.41, 5.74) is 5.33. The SMILES string of the molecule is Nc1cc(F)ccc1S(=O)(=O)NCCc1ncno1. The van der Waals surface area contributed by atoms with Crippen LogP contribution in [0, 0.1) is 5.82 Å². The number of anilines is 1. The van der Waals surface area contributed by atoms with Crippen molar-refractivity contribution < 1.29 is 17.3 Å². The summed E-state index contributed by atoms with van der Waals surface area (Å²) in [6.07, 6.45) is 1.47. The molecular formula is C10H11FN4O3S. The molecule has 9 heteroatoms. The van der Waals surface area contributed by atoms with Crippen LogP contribution in [-0.2, 0) is 16.4 Å². The van der Waals surface area contributed by atoms with E-state index in [1.54, 1.807) is 0 Å². The van der Waals surface area contributed by atoms with Gasteiger partial charge in [0.15, 0.2) is 6.33 Å². The van der Waals surface area contributed by atoms with Gasteiger partial charge in [-0.3, -0.25) is 0 Å². The van der Waals surface area contributed by atoms with Crippen LogP contribution < -0.4 is 10.5 Å². The largest absolute Gasteiger partial charge is 0.398 e. The monoisotopic (exact) mass is 286 g/mol. The zero-order chi connectivity index (χ0) is 13.9. The number of benzene rings is 1. The Balaban J connectivity index is 2.05. The smallest absolute Gasteiger partial charge is 0.242 e. The number of sulfonamides is 1. The third-order valence-electron chi connectivity index (χ3n) is 2.30. The minimum Gasteiger partial charge on any atom is -0.398 e. The number of nitrogens with zero attached hydrogens (tertiary/aromatic N) is 2. The first-order chi connectivity index (χ1) is 8.99. The first-order valence-corrected chi connectivity index (χ1v) is 6.77. The summed E-state index contributed by atoms with van der Waals surface area (Å²) in [6.45, 7) is 0.0708. The van der Waals surface area contributed by atoms with Crippen LogP contribution in [0.5, 0.6) is 0 Å². The highest BCUT2D eigenvalue weighted by Gasteiger charge is 2.17. The Kier molecular flexibility index (Phi) is 3.76. The Bertz CT molecular complexity index is 657. The highest BCUT2D eigenvalue weighted by Crippen LogP contribution is 2.18. The third-order valence-corrected chi connectivity index (χ3v) is 3.83. The van der Waals surface area contributed by atoms with E-state index in [9.17, 15) is 12.8 Å². The lowest BCUT2D eigenvalue weighted by atomic mass is 10.3. The Hall–Kier alpha value is -2.00. The van der Waals surface area contributed by atoms with Gasteiger partial charge in [-0.05, 0) is 18.2 Å². The maximum atomic E-state index is 12.9. The molecule has 0 bridgehead atoms. The molecule has 19 heavy (non-hydrogen) atoms. The predicted octanol–water partition coefficient (Wildman–Crippen LogP) is 0.312. The maximum Gasteiger partial charge on any atom is 0.242 e. The zero-order valence-corrected chi connectivity index (χ0v) is 10.5. The summed E-state index contributed by atoms with van der Waals surface area (Å²) in [6, 6.07) is 3.09. The predicted molar refractivity (Wildman–Crippen MR) is 64.0 cm³/mol. The highest BCUT2D eigenvalue weighted by molar-refractivity contribution is 7.89. The van der Waals surface area contributed by atoms with Gasteiger partial charge >= 0.3 is 0 Å². The van der Waals surface area contributed by atoms with Crippen molar-refractivity contribution in [3.05, 3.63) is 36.2 Å². The van der Waals surface area contributed by atoms with Gasteiger partial charge in [-0.2, -0.15) is 4.98 Å². The summed E-state index contributed by atoms with van der Waals surface area (Å²) in [4.78, 5) is 3.58. The molecule has 0 saturated heterocycles. The van der Waals surface area contributed by atoms with E-state index in [0.717, 1.165) is 18.2 Å². The lowest BCUT2D eigenvalue weighted by Gasteiger charge is -2.08. The number of nitrogens with two attached hydrogens (primary N) is 1. The fourth-order valence-electron chi connectivity index (χ4n) is 1.44. The standard InChI is InChI=1S/C10H11FN4O3S/c11-7-1-2-9(8(12)5-7)19(16,17)15-4-3-10-13-6-14-18-10/h1-2,5-6,15H,3-4,12H2. The normalized spacial score (nSPS) is 11.6. The molecule has 0 aliphatic carbocycles. The molecule has 3 N–H and O–H groups in total. The van der Waals surface area contributed by atoms with Gasteiger partial charge in [-0.1, -0.05) is 5.16 Å². The minimum absolute atomic E-state index is 0.0708. The van der Waals surface area contributed by atoms with Crippen molar-refractivity contribution in [2.45, 2.75) is 11.3 Å². The van der Waals surface area contributed by atoms with Gasteiger partial charge in [0.25, 0.3) is 0 Å². The first-order valence-electron chi connectivity index (χ1n) is 5.29. The van der Waals surface area contributed by atoms with Gasteiger partial charge in [-0.25, -0.2) is 17.5 Å². The Labute approximate surface area is 108 Å². The molecule has 0 saturated carbocycles. The fourth-order valence-corrected chi connectivity index (χ4v) is 2.58.